The molecule has 0 spiro atoms. The van der Waals surface area contributed by atoms with Crippen molar-refractivity contribution in [3.05, 3.63) is 0 Å². The van der Waals surface area contributed by atoms with Gasteiger partial charge in [-0.3, -0.25) is 0 Å². The van der Waals surface area contributed by atoms with E-state index >= 15 is 0 Å². The Balaban J connectivity index is 3.62. The maximum Gasteiger partial charge on any atom is 0.161 e. The van der Waals surface area contributed by atoms with Crippen LogP contribution in [0.1, 0.15) is 130 Å². The van der Waals surface area contributed by atoms with Crippen LogP contribution in [0.4, 0.5) is 0 Å². The van der Waals surface area contributed by atoms with Gasteiger partial charge in [-0.25, -0.2) is 0 Å². The van der Waals surface area contributed by atoms with Crippen molar-refractivity contribution >= 4 is 19.5 Å². The second-order valence-corrected chi connectivity index (χ2v) is 11.6. The van der Waals surface area contributed by atoms with Gasteiger partial charge in [0.15, 0.2) is 19.5 Å². The summed E-state index contributed by atoms with van der Waals surface area (Å²) in [7, 11) is -0.592. The molecule has 0 amide bonds. The van der Waals surface area contributed by atoms with E-state index in [4.69, 9.17) is 8.85 Å². The lowest BCUT2D eigenvalue weighted by Crippen LogP contribution is -2.16. The lowest BCUT2D eigenvalue weighted by Gasteiger charge is -2.18. The fraction of sp³-hybridized carbons (Fsp3) is 1.00. The molecule has 0 aliphatic carbocycles. The third kappa shape index (κ3) is 19.7. The van der Waals surface area contributed by atoms with Crippen molar-refractivity contribution in [2.24, 2.45) is 0 Å². The van der Waals surface area contributed by atoms with Crippen molar-refractivity contribution in [2.75, 3.05) is 0 Å². The summed E-state index contributed by atoms with van der Waals surface area (Å²) in [5.41, 5.74) is 0. The smallest absolute Gasteiger partial charge is 0.161 e. The zero-order valence-electron chi connectivity index (χ0n) is 20.1. The summed E-state index contributed by atoms with van der Waals surface area (Å²) in [5, 5.41) is 0. The lowest BCUT2D eigenvalue weighted by atomic mass is 10.1. The lowest BCUT2D eigenvalue weighted by molar-refractivity contribution is 0.182. The van der Waals surface area contributed by atoms with Crippen molar-refractivity contribution in [1.82, 2.24) is 0 Å². The highest BCUT2D eigenvalue weighted by Gasteiger charge is 2.09. The third-order valence-electron chi connectivity index (χ3n) is 5.73. The molecule has 0 rings (SSSR count). The normalized spacial score (nSPS) is 14.6. The molecule has 2 unspecified atom stereocenters. The second-order valence-electron chi connectivity index (χ2n) is 8.68. The summed E-state index contributed by atoms with van der Waals surface area (Å²) in [4.78, 5) is 0. The van der Waals surface area contributed by atoms with Crippen LogP contribution in [0.2, 0.25) is 12.1 Å². The first-order valence-electron chi connectivity index (χ1n) is 13.0. The first kappa shape index (κ1) is 28.4. The van der Waals surface area contributed by atoms with Gasteiger partial charge in [-0.1, -0.05) is 105 Å². The van der Waals surface area contributed by atoms with Gasteiger partial charge in [-0.15, -0.1) is 0 Å². The van der Waals surface area contributed by atoms with Gasteiger partial charge in [-0.2, -0.15) is 0 Å². The van der Waals surface area contributed by atoms with E-state index in [0.717, 1.165) is 0 Å². The molecule has 0 aromatic heterocycles. The molecule has 0 saturated carbocycles. The summed E-state index contributed by atoms with van der Waals surface area (Å²) in [6.07, 6.45) is 22.6. The van der Waals surface area contributed by atoms with Gasteiger partial charge in [0.25, 0.3) is 0 Å². The fourth-order valence-corrected chi connectivity index (χ4v) is 6.70. The number of hydrogen-bond donors (Lipinski definition) is 0. The summed E-state index contributed by atoms with van der Waals surface area (Å²) >= 11 is 0. The van der Waals surface area contributed by atoms with Crippen LogP contribution in [-0.2, 0) is 8.85 Å². The van der Waals surface area contributed by atoms with Crippen LogP contribution < -0.4 is 0 Å². The first-order chi connectivity index (χ1) is 13.8. The van der Waals surface area contributed by atoms with E-state index in [1.165, 1.54) is 115 Å². The number of hydrogen-bond acceptors (Lipinski definition) is 2. The Morgan fingerprint density at radius 2 is 0.893 bits per heavy atom. The Labute approximate surface area is 183 Å². The molecule has 2 atom stereocenters. The van der Waals surface area contributed by atoms with Crippen LogP contribution >= 0.6 is 0 Å². The molecule has 0 aliphatic heterocycles. The maximum absolute atomic E-state index is 6.32. The Morgan fingerprint density at radius 1 is 0.464 bits per heavy atom. The molecule has 0 aromatic carbocycles. The zero-order chi connectivity index (χ0) is 20.7. The van der Waals surface area contributed by atoms with Crippen LogP contribution in [0.15, 0.2) is 0 Å². The number of unbranched alkanes of at least 4 members (excludes halogenated alkanes) is 7. The standard InChI is InChI=1S/C24H54O2Si2/c1-5-9-11-13-19-23(17-7-3)25-27-21-15-16-22-28-26-24(18-8-4)20-14-12-10-6-2/h23-24H,5-22,27-28H2,1-4H3. The van der Waals surface area contributed by atoms with E-state index < -0.39 is 0 Å². The average Bonchev–Trinajstić information content (AvgIpc) is 2.70. The maximum atomic E-state index is 6.32. The molecule has 4 heteroatoms. The van der Waals surface area contributed by atoms with Gasteiger partial charge in [-0.05, 0) is 37.8 Å². The predicted molar refractivity (Wildman–Crippen MR) is 133 cm³/mol. The minimum atomic E-state index is -0.296. The van der Waals surface area contributed by atoms with Gasteiger partial charge < -0.3 is 8.85 Å². The summed E-state index contributed by atoms with van der Waals surface area (Å²) in [5.74, 6) is 0. The molecule has 170 valence electrons. The van der Waals surface area contributed by atoms with E-state index in [1.54, 1.807) is 0 Å². The van der Waals surface area contributed by atoms with Gasteiger partial charge >= 0.3 is 0 Å². The molecule has 28 heavy (non-hydrogen) atoms. The molecule has 0 heterocycles. The van der Waals surface area contributed by atoms with Crippen LogP contribution in [0.25, 0.3) is 0 Å². The van der Waals surface area contributed by atoms with E-state index in [9.17, 15) is 0 Å². The van der Waals surface area contributed by atoms with Crippen LogP contribution in [0.3, 0.4) is 0 Å². The van der Waals surface area contributed by atoms with Crippen LogP contribution in [-0.4, -0.2) is 31.7 Å². The Bertz CT molecular complexity index is 262. The van der Waals surface area contributed by atoms with E-state index in [1.807, 2.05) is 0 Å². The third-order valence-corrected chi connectivity index (χ3v) is 8.72. The largest absolute Gasteiger partial charge is 0.421 e. The van der Waals surface area contributed by atoms with Crippen molar-refractivity contribution in [2.45, 2.75) is 155 Å². The van der Waals surface area contributed by atoms with Crippen LogP contribution in [0.5, 0.6) is 0 Å². The number of rotatable bonds is 23. The highest BCUT2D eigenvalue weighted by molar-refractivity contribution is 6.27. The van der Waals surface area contributed by atoms with Crippen LogP contribution in [0, 0.1) is 0 Å². The minimum absolute atomic E-state index is 0.296. The molecule has 0 radical (unpaired) electrons. The van der Waals surface area contributed by atoms with E-state index in [0.29, 0.717) is 12.2 Å². The van der Waals surface area contributed by atoms with Gasteiger partial charge in [0, 0.05) is 12.2 Å². The van der Waals surface area contributed by atoms with Gasteiger partial charge in [0.2, 0.25) is 0 Å². The predicted octanol–water partition coefficient (Wildman–Crippen LogP) is 7.08. The molecule has 0 saturated heterocycles. The topological polar surface area (TPSA) is 18.5 Å². The van der Waals surface area contributed by atoms with Gasteiger partial charge in [0.1, 0.15) is 0 Å². The average molecular weight is 431 g/mol. The summed E-state index contributed by atoms with van der Waals surface area (Å²) in [6, 6.07) is 2.75. The summed E-state index contributed by atoms with van der Waals surface area (Å²) in [6.45, 7) is 9.17. The van der Waals surface area contributed by atoms with Crippen molar-refractivity contribution in [3.63, 3.8) is 0 Å². The second kappa shape index (κ2) is 23.6. The van der Waals surface area contributed by atoms with E-state index in [-0.39, 0.29) is 19.5 Å². The van der Waals surface area contributed by atoms with E-state index in [2.05, 4.69) is 27.7 Å². The first-order valence-corrected chi connectivity index (χ1v) is 16.2. The molecule has 0 aromatic rings. The molecular formula is C24H54O2Si2. The summed E-state index contributed by atoms with van der Waals surface area (Å²) < 4.78 is 12.6. The Morgan fingerprint density at radius 3 is 1.25 bits per heavy atom. The van der Waals surface area contributed by atoms with Crippen molar-refractivity contribution in [3.8, 4) is 0 Å². The molecule has 0 aliphatic rings. The van der Waals surface area contributed by atoms with Crippen molar-refractivity contribution in [1.29, 1.82) is 0 Å². The monoisotopic (exact) mass is 430 g/mol. The highest BCUT2D eigenvalue weighted by Crippen LogP contribution is 2.15. The Kier molecular flexibility index (Phi) is 23.9. The molecule has 0 N–H and O–H groups in total. The Hall–Kier alpha value is 0.354. The quantitative estimate of drug-likeness (QED) is 0.127. The fourth-order valence-electron chi connectivity index (χ4n) is 3.92. The minimum Gasteiger partial charge on any atom is -0.421 e. The SMILES string of the molecule is CCCCCCC(CCC)O[SiH2]CCCC[SiH2]OC(CCC)CCCCCC. The molecular weight excluding hydrogens is 376 g/mol. The molecule has 2 nitrogen and oxygen atoms in total. The van der Waals surface area contributed by atoms with Gasteiger partial charge in [0.05, 0.1) is 0 Å². The van der Waals surface area contributed by atoms with Crippen molar-refractivity contribution < 1.29 is 8.85 Å². The molecule has 0 bridgehead atoms. The molecule has 0 fully saturated rings. The zero-order valence-corrected chi connectivity index (χ0v) is 22.9. The highest BCUT2D eigenvalue weighted by atomic mass is 28.2.